The van der Waals surface area contributed by atoms with Gasteiger partial charge in [0.1, 0.15) is 11.9 Å². The van der Waals surface area contributed by atoms with E-state index in [0.29, 0.717) is 25.4 Å². The van der Waals surface area contributed by atoms with Gasteiger partial charge in [0.05, 0.1) is 30.0 Å². The molecule has 0 radical (unpaired) electrons. The Kier molecular flexibility index (Phi) is 8.59. The molecule has 3 N–H and O–H groups in total. The monoisotopic (exact) mass is 519 g/mol. The molecule has 3 rings (SSSR count). The van der Waals surface area contributed by atoms with E-state index in [9.17, 15) is 23.1 Å². The maximum Gasteiger partial charge on any atom is 0.335 e. The molecule has 2 aromatic rings. The Morgan fingerprint density at radius 3 is 2.50 bits per heavy atom. The highest BCUT2D eigenvalue weighted by molar-refractivity contribution is 7.92. The van der Waals surface area contributed by atoms with Gasteiger partial charge in [-0.25, -0.2) is 13.2 Å². The highest BCUT2D eigenvalue weighted by Crippen LogP contribution is 2.31. The third kappa shape index (κ3) is 6.96. The number of aliphatic hydroxyl groups excluding tert-OH is 1. The number of likely N-dealkylation sites (N-methyl/N-ethyl adjacent to an activating group) is 1. The highest BCUT2D eigenvalue weighted by atomic mass is 32.2. The number of sulfonamides is 1. The van der Waals surface area contributed by atoms with Crippen molar-refractivity contribution in [3.63, 3.8) is 0 Å². The summed E-state index contributed by atoms with van der Waals surface area (Å²) in [5.74, 6) is -1.07. The lowest BCUT2D eigenvalue weighted by Crippen LogP contribution is -2.49. The van der Waals surface area contributed by atoms with Gasteiger partial charge in [-0.05, 0) is 49.9 Å². The van der Waals surface area contributed by atoms with Gasteiger partial charge >= 0.3 is 5.97 Å². The van der Waals surface area contributed by atoms with E-state index in [1.807, 2.05) is 14.0 Å². The smallest absolute Gasteiger partial charge is 0.335 e. The van der Waals surface area contributed by atoms with Crippen LogP contribution in [0.4, 0.5) is 5.69 Å². The summed E-state index contributed by atoms with van der Waals surface area (Å²) in [4.78, 5) is 28.1. The van der Waals surface area contributed by atoms with Crippen molar-refractivity contribution in [2.45, 2.75) is 32.5 Å². The quantitative estimate of drug-likeness (QED) is 0.458. The molecular weight excluding hydrogens is 486 g/mol. The molecule has 1 aliphatic rings. The number of carboxylic acids is 1. The topological polar surface area (TPSA) is 136 Å². The Morgan fingerprint density at radius 1 is 1.25 bits per heavy atom. The fourth-order valence-corrected chi connectivity index (χ4v) is 4.71. The molecule has 0 saturated carbocycles. The zero-order valence-electron chi connectivity index (χ0n) is 20.8. The predicted octanol–water partition coefficient (Wildman–Crippen LogP) is 2.11. The number of carbonyl (C=O) groups is 2. The molecule has 0 aliphatic carbocycles. The lowest BCUT2D eigenvalue weighted by Gasteiger charge is -2.38. The number of hydrogen-bond donors (Lipinski definition) is 3. The summed E-state index contributed by atoms with van der Waals surface area (Å²) < 4.78 is 32.1. The van der Waals surface area contributed by atoms with Gasteiger partial charge in [0.25, 0.3) is 5.91 Å². The van der Waals surface area contributed by atoms with Crippen LogP contribution in [-0.4, -0.2) is 85.5 Å². The molecule has 0 bridgehead atoms. The summed E-state index contributed by atoms with van der Waals surface area (Å²) in [6.45, 7) is 4.94. The second-order valence-corrected chi connectivity index (χ2v) is 11.2. The van der Waals surface area contributed by atoms with Crippen LogP contribution in [0.2, 0.25) is 0 Å². The van der Waals surface area contributed by atoms with E-state index in [0.717, 1.165) is 11.8 Å². The number of anilines is 1. The zero-order chi connectivity index (χ0) is 26.6. The summed E-state index contributed by atoms with van der Waals surface area (Å²) in [5, 5.41) is 18.9. The number of hydrogen-bond acceptors (Lipinski definition) is 7. The molecule has 1 aliphatic heterocycles. The summed E-state index contributed by atoms with van der Waals surface area (Å²) >= 11 is 0. The number of nitrogens with zero attached hydrogens (tertiary/aromatic N) is 2. The van der Waals surface area contributed by atoms with E-state index in [1.54, 1.807) is 48.2 Å². The lowest BCUT2D eigenvalue weighted by atomic mass is 9.99. The summed E-state index contributed by atoms with van der Waals surface area (Å²) in [6, 6.07) is 10.8. The van der Waals surface area contributed by atoms with E-state index >= 15 is 0 Å². The van der Waals surface area contributed by atoms with Crippen LogP contribution in [0.25, 0.3) is 0 Å². The van der Waals surface area contributed by atoms with Crippen LogP contribution in [0.1, 0.15) is 40.1 Å². The first-order valence-corrected chi connectivity index (χ1v) is 13.5. The minimum Gasteiger partial charge on any atom is -0.488 e. The molecular formula is C25H33N3O7S. The number of rotatable bonds is 9. The van der Waals surface area contributed by atoms with Crippen LogP contribution in [0, 0.1) is 5.92 Å². The van der Waals surface area contributed by atoms with Crippen molar-refractivity contribution < 1.29 is 33.0 Å². The first-order chi connectivity index (χ1) is 16.9. The number of ether oxygens (including phenoxy) is 1. The van der Waals surface area contributed by atoms with Gasteiger partial charge in [-0.2, -0.15) is 0 Å². The molecule has 0 fully saturated rings. The number of amides is 1. The molecule has 3 atom stereocenters. The molecule has 0 unspecified atom stereocenters. The molecule has 10 nitrogen and oxygen atoms in total. The molecule has 11 heteroatoms. The van der Waals surface area contributed by atoms with Gasteiger partial charge in [-0.15, -0.1) is 0 Å². The van der Waals surface area contributed by atoms with Gasteiger partial charge in [0.15, 0.2) is 0 Å². The van der Waals surface area contributed by atoms with Gasteiger partial charge in [-0.3, -0.25) is 14.4 Å². The average Bonchev–Trinajstić information content (AvgIpc) is 2.80. The average molecular weight is 520 g/mol. The van der Waals surface area contributed by atoms with Crippen molar-refractivity contribution in [3.05, 3.63) is 59.2 Å². The number of nitrogens with one attached hydrogen (secondary N) is 1. The van der Waals surface area contributed by atoms with Crippen molar-refractivity contribution in [2.75, 3.05) is 37.7 Å². The summed E-state index contributed by atoms with van der Waals surface area (Å²) in [7, 11) is -1.61. The van der Waals surface area contributed by atoms with E-state index < -0.39 is 22.0 Å². The number of aliphatic hydroxyl groups is 1. The molecule has 1 heterocycles. The van der Waals surface area contributed by atoms with Crippen LogP contribution in [0.3, 0.4) is 0 Å². The maximum absolute atomic E-state index is 13.4. The van der Waals surface area contributed by atoms with Gasteiger partial charge in [-0.1, -0.05) is 19.1 Å². The number of benzene rings is 2. The van der Waals surface area contributed by atoms with Crippen LogP contribution in [0.5, 0.6) is 5.75 Å². The Labute approximate surface area is 211 Å². The van der Waals surface area contributed by atoms with Crippen LogP contribution >= 0.6 is 0 Å². The standard InChI is InChI=1S/C25H33N3O7S/c1-16-12-28(17(2)15-29)24(30)21-11-20(26-36(4,33)34)9-10-22(21)35-23(16)14-27(3)13-18-5-7-19(8-6-18)25(31)32/h5-11,16-17,23,26,29H,12-15H2,1-4H3,(H,31,32)/t16-,17-,23-/m1/s1. The zero-order valence-corrected chi connectivity index (χ0v) is 21.7. The first-order valence-electron chi connectivity index (χ1n) is 11.6. The molecule has 0 saturated heterocycles. The van der Waals surface area contributed by atoms with Crippen molar-refractivity contribution in [1.82, 2.24) is 9.80 Å². The van der Waals surface area contributed by atoms with E-state index in [-0.39, 0.29) is 41.4 Å². The number of aromatic carboxylic acids is 1. The van der Waals surface area contributed by atoms with Gasteiger partial charge < -0.3 is 19.8 Å². The van der Waals surface area contributed by atoms with Crippen molar-refractivity contribution in [3.8, 4) is 5.75 Å². The van der Waals surface area contributed by atoms with E-state index in [4.69, 9.17) is 9.84 Å². The Hall–Kier alpha value is -3.15. The minimum absolute atomic E-state index is 0.0817. The SMILES string of the molecule is C[C@@H]1CN([C@H](C)CO)C(=O)c2cc(NS(C)(=O)=O)ccc2O[C@@H]1CN(C)Cc1ccc(C(=O)O)cc1. The van der Waals surface area contributed by atoms with Crippen LogP contribution in [0.15, 0.2) is 42.5 Å². The molecule has 36 heavy (non-hydrogen) atoms. The van der Waals surface area contributed by atoms with Crippen molar-refractivity contribution >= 4 is 27.6 Å². The molecule has 0 aromatic heterocycles. The first kappa shape index (κ1) is 27.4. The Balaban J connectivity index is 1.87. The summed E-state index contributed by atoms with van der Waals surface area (Å²) in [5.41, 5.74) is 1.63. The fourth-order valence-electron chi connectivity index (χ4n) is 4.15. The largest absolute Gasteiger partial charge is 0.488 e. The number of fused-ring (bicyclic) bond motifs is 1. The van der Waals surface area contributed by atoms with E-state index in [2.05, 4.69) is 9.62 Å². The molecule has 196 valence electrons. The van der Waals surface area contributed by atoms with Crippen LogP contribution in [-0.2, 0) is 16.6 Å². The number of carbonyl (C=O) groups excluding carboxylic acids is 1. The highest BCUT2D eigenvalue weighted by Gasteiger charge is 2.33. The third-order valence-corrected chi connectivity index (χ3v) is 6.72. The van der Waals surface area contributed by atoms with Crippen LogP contribution < -0.4 is 9.46 Å². The second-order valence-electron chi connectivity index (χ2n) is 9.41. The summed E-state index contributed by atoms with van der Waals surface area (Å²) in [6.07, 6.45) is 0.715. The fraction of sp³-hybridized carbons (Fsp3) is 0.440. The Bertz CT molecular complexity index is 1200. The predicted molar refractivity (Wildman–Crippen MR) is 136 cm³/mol. The Morgan fingerprint density at radius 2 is 1.92 bits per heavy atom. The maximum atomic E-state index is 13.4. The normalized spacial score (nSPS) is 19.2. The molecule has 0 spiro atoms. The van der Waals surface area contributed by atoms with Crippen molar-refractivity contribution in [1.29, 1.82) is 0 Å². The second kappa shape index (κ2) is 11.3. The lowest BCUT2D eigenvalue weighted by molar-refractivity contribution is 0.0341. The minimum atomic E-state index is -3.54. The molecule has 2 aromatic carbocycles. The van der Waals surface area contributed by atoms with Crippen molar-refractivity contribution in [2.24, 2.45) is 5.92 Å². The van der Waals surface area contributed by atoms with Gasteiger partial charge in [0, 0.05) is 31.2 Å². The van der Waals surface area contributed by atoms with E-state index in [1.165, 1.54) is 6.07 Å². The van der Waals surface area contributed by atoms with Gasteiger partial charge in [0.2, 0.25) is 10.0 Å². The third-order valence-electron chi connectivity index (χ3n) is 6.11. The number of carboxylic acid groups (broad SMARTS) is 1. The molecule has 1 amide bonds.